The number of halogens is 3. The Morgan fingerprint density at radius 1 is 1.06 bits per heavy atom. The van der Waals surface area contributed by atoms with Crippen LogP contribution in [0, 0.1) is 3.57 Å². The minimum absolute atomic E-state index is 0.0173. The molecule has 0 heterocycles. The van der Waals surface area contributed by atoms with E-state index in [1.165, 1.54) is 14.7 Å². The molecule has 1 atom stereocenters. The molecule has 0 aliphatic carbocycles. The number of hydrogen-bond donors (Lipinski definition) is 1. The van der Waals surface area contributed by atoms with Gasteiger partial charge in [-0.15, -0.1) is 0 Å². The summed E-state index contributed by atoms with van der Waals surface area (Å²) in [6.07, 6.45) is 0.839. The highest BCUT2D eigenvalue weighted by atomic mass is 127. The molecule has 0 saturated heterocycles. The van der Waals surface area contributed by atoms with Crippen molar-refractivity contribution in [1.29, 1.82) is 0 Å². The average Bonchev–Trinajstić information content (AvgIpc) is 2.32. The van der Waals surface area contributed by atoms with Crippen molar-refractivity contribution < 1.29 is 0 Å². The van der Waals surface area contributed by atoms with Gasteiger partial charge < -0.3 is 5.73 Å². The first-order valence-electron chi connectivity index (χ1n) is 5.51. The zero-order valence-electron chi connectivity index (χ0n) is 9.54. The van der Waals surface area contributed by atoms with E-state index in [0.717, 1.165) is 15.4 Å². The first-order chi connectivity index (χ1) is 8.56. The first kappa shape index (κ1) is 14.5. The Hall–Kier alpha value is 0.0900. The molecule has 0 aliphatic rings. The summed E-state index contributed by atoms with van der Waals surface area (Å²) in [6, 6.07) is 14.5. The number of hydrogen-bond acceptors (Lipinski definition) is 1. The van der Waals surface area contributed by atoms with Gasteiger partial charge in [-0.25, -0.2) is 0 Å². The van der Waals surface area contributed by atoms with Crippen LogP contribution in [-0.2, 0) is 6.42 Å². The lowest BCUT2D eigenvalue weighted by Crippen LogP contribution is -2.14. The summed E-state index contributed by atoms with van der Waals surface area (Å²) in [5, 5.41) is 0. The van der Waals surface area contributed by atoms with Gasteiger partial charge in [-0.1, -0.05) is 44.0 Å². The highest BCUT2D eigenvalue weighted by molar-refractivity contribution is 14.1. The predicted octanol–water partition coefficient (Wildman–Crippen LogP) is 5.06. The van der Waals surface area contributed by atoms with Crippen LogP contribution in [0.5, 0.6) is 0 Å². The van der Waals surface area contributed by atoms with Gasteiger partial charge in [-0.3, -0.25) is 0 Å². The normalized spacial score (nSPS) is 12.4. The summed E-state index contributed by atoms with van der Waals surface area (Å²) in [5.41, 5.74) is 8.73. The molecule has 2 aromatic carbocycles. The Morgan fingerprint density at radius 3 is 2.50 bits per heavy atom. The van der Waals surface area contributed by atoms with Gasteiger partial charge in [-0.2, -0.15) is 0 Å². The smallest absolute Gasteiger partial charge is 0.0346 e. The molecule has 0 saturated carbocycles. The molecule has 1 nitrogen and oxygen atoms in total. The van der Waals surface area contributed by atoms with Crippen molar-refractivity contribution in [2.75, 3.05) is 0 Å². The van der Waals surface area contributed by atoms with Gasteiger partial charge in [0.05, 0.1) is 0 Å². The predicted molar refractivity (Wildman–Crippen MR) is 91.6 cm³/mol. The molecule has 2 N–H and O–H groups in total. The summed E-state index contributed by atoms with van der Waals surface area (Å²) in [5.74, 6) is 0. The van der Waals surface area contributed by atoms with Gasteiger partial charge in [0, 0.05) is 18.6 Å². The maximum absolute atomic E-state index is 6.31. The lowest BCUT2D eigenvalue weighted by Gasteiger charge is -2.14. The standard InChI is InChI=1S/C14H12Br2IN/c15-10-3-1-2-9(6-10)7-14(18)12-8-11(16)4-5-13(12)17/h1-6,8,14H,7,18H2. The van der Waals surface area contributed by atoms with Crippen molar-refractivity contribution in [3.8, 4) is 0 Å². The van der Waals surface area contributed by atoms with Crippen molar-refractivity contribution in [2.45, 2.75) is 12.5 Å². The highest BCUT2D eigenvalue weighted by Gasteiger charge is 2.11. The minimum atomic E-state index is 0.0173. The van der Waals surface area contributed by atoms with Crippen molar-refractivity contribution in [3.05, 3.63) is 66.1 Å². The van der Waals surface area contributed by atoms with Gasteiger partial charge in [0.15, 0.2) is 0 Å². The number of rotatable bonds is 3. The van der Waals surface area contributed by atoms with Gasteiger partial charge in [0.25, 0.3) is 0 Å². The van der Waals surface area contributed by atoms with Crippen LogP contribution in [0.2, 0.25) is 0 Å². The third-order valence-corrected chi connectivity index (χ3v) is 4.67. The van der Waals surface area contributed by atoms with E-state index in [4.69, 9.17) is 5.73 Å². The SMILES string of the molecule is NC(Cc1cccc(Br)c1)c1cc(Br)ccc1I. The second kappa shape index (κ2) is 6.50. The first-order valence-corrected chi connectivity index (χ1v) is 8.17. The van der Waals surface area contributed by atoms with Crippen LogP contribution in [0.1, 0.15) is 17.2 Å². The van der Waals surface area contributed by atoms with Crippen LogP contribution in [-0.4, -0.2) is 0 Å². The van der Waals surface area contributed by atoms with Crippen LogP contribution < -0.4 is 5.73 Å². The summed E-state index contributed by atoms with van der Waals surface area (Å²) < 4.78 is 3.37. The Bertz CT molecular complexity index is 557. The molecular weight excluding hydrogens is 469 g/mol. The van der Waals surface area contributed by atoms with Crippen molar-refractivity contribution in [2.24, 2.45) is 5.73 Å². The molecule has 0 spiro atoms. The van der Waals surface area contributed by atoms with E-state index in [-0.39, 0.29) is 6.04 Å². The van der Waals surface area contributed by atoms with Gasteiger partial charge in [0.2, 0.25) is 0 Å². The van der Waals surface area contributed by atoms with Gasteiger partial charge in [0.1, 0.15) is 0 Å². The summed E-state index contributed by atoms with van der Waals surface area (Å²) in [4.78, 5) is 0. The number of nitrogens with two attached hydrogens (primary N) is 1. The molecule has 0 aromatic heterocycles. The average molecular weight is 481 g/mol. The van der Waals surface area contributed by atoms with Gasteiger partial charge in [-0.05, 0) is 70.5 Å². The molecule has 0 aliphatic heterocycles. The van der Waals surface area contributed by atoms with E-state index >= 15 is 0 Å². The molecule has 0 amide bonds. The molecule has 4 heteroatoms. The fourth-order valence-corrected chi connectivity index (χ4v) is 3.39. The zero-order chi connectivity index (χ0) is 13.1. The monoisotopic (exact) mass is 479 g/mol. The fraction of sp³-hybridized carbons (Fsp3) is 0.143. The van der Waals surface area contributed by atoms with Crippen LogP contribution in [0.25, 0.3) is 0 Å². The molecular formula is C14H12Br2IN. The Morgan fingerprint density at radius 2 is 1.78 bits per heavy atom. The molecule has 2 rings (SSSR count). The molecule has 0 bridgehead atoms. The molecule has 2 aromatic rings. The van der Waals surface area contributed by atoms with Crippen LogP contribution in [0.15, 0.2) is 51.4 Å². The van der Waals surface area contributed by atoms with Gasteiger partial charge >= 0.3 is 0 Å². The van der Waals surface area contributed by atoms with E-state index in [2.05, 4.69) is 78.7 Å². The van der Waals surface area contributed by atoms with E-state index in [9.17, 15) is 0 Å². The second-order valence-electron chi connectivity index (χ2n) is 4.11. The van der Waals surface area contributed by atoms with E-state index in [1.807, 2.05) is 18.2 Å². The second-order valence-corrected chi connectivity index (χ2v) is 7.10. The van der Waals surface area contributed by atoms with E-state index < -0.39 is 0 Å². The topological polar surface area (TPSA) is 26.0 Å². The molecule has 0 radical (unpaired) electrons. The molecule has 94 valence electrons. The third-order valence-electron chi connectivity index (χ3n) is 2.70. The Labute approximate surface area is 138 Å². The molecule has 1 unspecified atom stereocenters. The van der Waals surface area contributed by atoms with Crippen LogP contribution in [0.4, 0.5) is 0 Å². The van der Waals surface area contributed by atoms with Crippen molar-refractivity contribution in [1.82, 2.24) is 0 Å². The van der Waals surface area contributed by atoms with Crippen LogP contribution >= 0.6 is 54.5 Å². The van der Waals surface area contributed by atoms with E-state index in [1.54, 1.807) is 0 Å². The zero-order valence-corrected chi connectivity index (χ0v) is 14.9. The maximum Gasteiger partial charge on any atom is 0.0346 e. The molecule has 18 heavy (non-hydrogen) atoms. The Balaban J connectivity index is 2.21. The summed E-state index contributed by atoms with van der Waals surface area (Å²) >= 11 is 9.31. The van der Waals surface area contributed by atoms with Crippen molar-refractivity contribution in [3.63, 3.8) is 0 Å². The minimum Gasteiger partial charge on any atom is -0.324 e. The van der Waals surface area contributed by atoms with E-state index in [0.29, 0.717) is 0 Å². The quantitative estimate of drug-likeness (QED) is 0.611. The lowest BCUT2D eigenvalue weighted by molar-refractivity contribution is 0.717. The Kier molecular flexibility index (Phi) is 5.24. The molecule has 0 fully saturated rings. The lowest BCUT2D eigenvalue weighted by atomic mass is 10.00. The third kappa shape index (κ3) is 3.79. The largest absolute Gasteiger partial charge is 0.324 e. The van der Waals surface area contributed by atoms with Crippen molar-refractivity contribution >= 4 is 54.5 Å². The fourth-order valence-electron chi connectivity index (χ4n) is 1.83. The van der Waals surface area contributed by atoms with Crippen LogP contribution in [0.3, 0.4) is 0 Å². The maximum atomic E-state index is 6.31. The summed E-state index contributed by atoms with van der Waals surface area (Å²) in [6.45, 7) is 0. The summed E-state index contributed by atoms with van der Waals surface area (Å²) in [7, 11) is 0. The highest BCUT2D eigenvalue weighted by Crippen LogP contribution is 2.25. The number of benzene rings is 2.